The van der Waals surface area contributed by atoms with Gasteiger partial charge in [0, 0.05) is 41.5 Å². The molecule has 0 bridgehead atoms. The van der Waals surface area contributed by atoms with Crippen molar-refractivity contribution < 1.29 is 4.79 Å². The van der Waals surface area contributed by atoms with Gasteiger partial charge in [-0.1, -0.05) is 30.0 Å². The van der Waals surface area contributed by atoms with Gasteiger partial charge in [-0.25, -0.2) is 0 Å². The van der Waals surface area contributed by atoms with Gasteiger partial charge in [0.15, 0.2) is 0 Å². The zero-order chi connectivity index (χ0) is 16.8. The highest BCUT2D eigenvalue weighted by Gasteiger charge is 2.11. The van der Waals surface area contributed by atoms with E-state index in [-0.39, 0.29) is 5.78 Å². The van der Waals surface area contributed by atoms with Crippen LogP contribution in [0.5, 0.6) is 0 Å². The Morgan fingerprint density at radius 3 is 2.25 bits per heavy atom. The smallest absolute Gasteiger partial charge is 0.205 e. The first-order valence-electron chi connectivity index (χ1n) is 8.05. The predicted molar refractivity (Wildman–Crippen MR) is 98.9 cm³/mol. The highest BCUT2D eigenvalue weighted by molar-refractivity contribution is 7.99. The molecule has 1 aliphatic heterocycles. The third-order valence-corrected chi connectivity index (χ3v) is 4.95. The molecule has 5 heteroatoms. The summed E-state index contributed by atoms with van der Waals surface area (Å²) in [4.78, 5) is 16.8. The van der Waals surface area contributed by atoms with Crippen molar-refractivity contribution in [3.8, 4) is 0 Å². The minimum Gasteiger partial charge on any atom is -0.303 e. The first-order chi connectivity index (χ1) is 11.7. The van der Waals surface area contributed by atoms with E-state index in [4.69, 9.17) is 0 Å². The Morgan fingerprint density at radius 2 is 1.58 bits per heavy atom. The second-order valence-electron chi connectivity index (χ2n) is 5.81. The molecule has 3 rings (SSSR count). The zero-order valence-electron chi connectivity index (χ0n) is 13.8. The lowest BCUT2D eigenvalue weighted by atomic mass is 10.1. The van der Waals surface area contributed by atoms with Gasteiger partial charge >= 0.3 is 0 Å². The van der Waals surface area contributed by atoms with Crippen molar-refractivity contribution in [2.45, 2.75) is 9.79 Å². The Balaban J connectivity index is 1.57. The Kier molecular flexibility index (Phi) is 5.67. The third kappa shape index (κ3) is 4.69. The van der Waals surface area contributed by atoms with Crippen molar-refractivity contribution in [3.63, 3.8) is 0 Å². The van der Waals surface area contributed by atoms with E-state index >= 15 is 0 Å². The minimum absolute atomic E-state index is 0.0508. The highest BCUT2D eigenvalue weighted by Crippen LogP contribution is 2.27. The maximum Gasteiger partial charge on any atom is 0.205 e. The summed E-state index contributed by atoms with van der Waals surface area (Å²) in [6, 6.07) is 17.9. The monoisotopic (exact) mass is 339 g/mol. The van der Waals surface area contributed by atoms with Gasteiger partial charge in [-0.3, -0.25) is 9.80 Å². The molecule has 1 heterocycles. The molecule has 2 aromatic rings. The number of nitrogens with zero attached hydrogens (tertiary/aromatic N) is 3. The van der Waals surface area contributed by atoms with Crippen LogP contribution in [-0.4, -0.2) is 55.1 Å². The molecule has 1 aliphatic rings. The van der Waals surface area contributed by atoms with Crippen LogP contribution in [0.25, 0.3) is 0 Å². The van der Waals surface area contributed by atoms with E-state index in [0.29, 0.717) is 5.56 Å². The molecule has 0 saturated carbocycles. The summed E-state index contributed by atoms with van der Waals surface area (Å²) in [6.07, 6.45) is 1.44. The lowest BCUT2D eigenvalue weighted by molar-refractivity contribution is 0.106. The van der Waals surface area contributed by atoms with E-state index in [1.165, 1.54) is 11.1 Å². The number of carbonyl (C=O) groups excluding carboxylic acids is 1. The molecule has 0 atom stereocenters. The first kappa shape index (κ1) is 16.7. The number of Topliss-reactive ketones (excluding diaryl/α,β-unsaturated/α-hetero) is 1. The second kappa shape index (κ2) is 8.13. The summed E-state index contributed by atoms with van der Waals surface area (Å²) >= 11 is 1.69. The molecule has 124 valence electrons. The van der Waals surface area contributed by atoms with Crippen molar-refractivity contribution in [2.75, 3.05) is 33.2 Å². The number of hydrazone groups is 1. The van der Waals surface area contributed by atoms with Crippen LogP contribution in [0.2, 0.25) is 0 Å². The van der Waals surface area contributed by atoms with Gasteiger partial charge in [0.25, 0.3) is 0 Å². The van der Waals surface area contributed by atoms with Crippen molar-refractivity contribution in [3.05, 3.63) is 60.2 Å². The summed E-state index contributed by atoms with van der Waals surface area (Å²) in [7, 11) is 2.10. The lowest BCUT2D eigenvalue weighted by Gasteiger charge is -2.30. The van der Waals surface area contributed by atoms with Crippen LogP contribution in [0.3, 0.4) is 0 Å². The van der Waals surface area contributed by atoms with Crippen molar-refractivity contribution in [1.82, 2.24) is 9.91 Å². The third-order valence-electron chi connectivity index (χ3n) is 3.94. The summed E-state index contributed by atoms with van der Waals surface area (Å²) in [6.45, 7) is 3.70. The van der Waals surface area contributed by atoms with Crippen LogP contribution in [0.4, 0.5) is 0 Å². The fourth-order valence-corrected chi connectivity index (χ4v) is 3.27. The van der Waals surface area contributed by atoms with Gasteiger partial charge in [0.2, 0.25) is 5.78 Å². The summed E-state index contributed by atoms with van der Waals surface area (Å²) in [5.41, 5.74) is 0.672. The molecular formula is C19H21N3OS. The standard InChI is InChI=1S/C19H21N3OS/c1-21-11-13-22(14-12-21)20-15-19(23)16-7-9-18(10-8-16)24-17-5-3-2-4-6-17/h2-10,15H,11-14H2,1H3/b20-15+. The molecule has 1 fully saturated rings. The van der Waals surface area contributed by atoms with E-state index in [2.05, 4.69) is 29.2 Å². The largest absolute Gasteiger partial charge is 0.303 e. The van der Waals surface area contributed by atoms with Gasteiger partial charge in [-0.15, -0.1) is 0 Å². The molecule has 1 saturated heterocycles. The quantitative estimate of drug-likeness (QED) is 0.619. The van der Waals surface area contributed by atoms with Crippen LogP contribution in [0.15, 0.2) is 69.5 Å². The number of piperazine rings is 1. The number of hydrogen-bond acceptors (Lipinski definition) is 5. The average molecular weight is 339 g/mol. The first-order valence-corrected chi connectivity index (χ1v) is 8.87. The predicted octanol–water partition coefficient (Wildman–Crippen LogP) is 3.25. The van der Waals surface area contributed by atoms with Gasteiger partial charge in [0.1, 0.15) is 0 Å². The van der Waals surface area contributed by atoms with E-state index in [0.717, 1.165) is 31.1 Å². The number of rotatable bonds is 5. The van der Waals surface area contributed by atoms with E-state index in [1.807, 2.05) is 47.5 Å². The maximum atomic E-state index is 12.2. The molecule has 0 amide bonds. The van der Waals surface area contributed by atoms with Gasteiger partial charge in [-0.05, 0) is 43.4 Å². The SMILES string of the molecule is CN1CCN(/N=C/C(=O)c2ccc(Sc3ccccc3)cc2)CC1. The van der Waals surface area contributed by atoms with Gasteiger partial charge < -0.3 is 4.90 Å². The number of likely N-dealkylation sites (N-methyl/N-ethyl adjacent to an activating group) is 1. The molecule has 24 heavy (non-hydrogen) atoms. The van der Waals surface area contributed by atoms with Crippen molar-refractivity contribution in [1.29, 1.82) is 0 Å². The molecule has 4 nitrogen and oxygen atoms in total. The lowest BCUT2D eigenvalue weighted by Crippen LogP contribution is -2.41. The normalized spacial score (nSPS) is 15.8. The number of ketones is 1. The number of hydrogen-bond donors (Lipinski definition) is 0. The summed E-state index contributed by atoms with van der Waals surface area (Å²) < 4.78 is 0. The average Bonchev–Trinajstić information content (AvgIpc) is 2.62. The van der Waals surface area contributed by atoms with Crippen molar-refractivity contribution >= 4 is 23.8 Å². The molecule has 0 aromatic heterocycles. The second-order valence-corrected chi connectivity index (χ2v) is 6.95. The van der Waals surface area contributed by atoms with E-state index in [1.54, 1.807) is 11.8 Å². The number of carbonyl (C=O) groups is 1. The van der Waals surface area contributed by atoms with Gasteiger partial charge in [-0.2, -0.15) is 5.10 Å². The fraction of sp³-hybridized carbons (Fsp3) is 0.263. The fourth-order valence-electron chi connectivity index (χ4n) is 2.43. The Bertz CT molecular complexity index is 692. The molecule has 0 N–H and O–H groups in total. The molecule has 0 spiro atoms. The highest BCUT2D eigenvalue weighted by atomic mass is 32.2. The zero-order valence-corrected chi connectivity index (χ0v) is 14.6. The number of benzene rings is 2. The molecule has 0 radical (unpaired) electrons. The van der Waals surface area contributed by atoms with Crippen LogP contribution in [0.1, 0.15) is 10.4 Å². The van der Waals surface area contributed by atoms with Crippen LogP contribution in [0, 0.1) is 0 Å². The Hall–Kier alpha value is -2.11. The van der Waals surface area contributed by atoms with Crippen molar-refractivity contribution in [2.24, 2.45) is 5.10 Å². The minimum atomic E-state index is -0.0508. The van der Waals surface area contributed by atoms with Crippen LogP contribution in [-0.2, 0) is 0 Å². The Morgan fingerprint density at radius 1 is 0.958 bits per heavy atom. The topological polar surface area (TPSA) is 35.9 Å². The molecular weight excluding hydrogens is 318 g/mol. The summed E-state index contributed by atoms with van der Waals surface area (Å²) in [5.74, 6) is -0.0508. The molecule has 0 aliphatic carbocycles. The van der Waals surface area contributed by atoms with Gasteiger partial charge in [0.05, 0.1) is 6.21 Å². The Labute approximate surface area is 147 Å². The van der Waals surface area contributed by atoms with Crippen LogP contribution < -0.4 is 0 Å². The van der Waals surface area contributed by atoms with E-state index in [9.17, 15) is 4.79 Å². The maximum absolute atomic E-state index is 12.2. The molecule has 0 unspecified atom stereocenters. The summed E-state index contributed by atoms with van der Waals surface area (Å²) in [5, 5.41) is 6.27. The molecule has 2 aromatic carbocycles. The van der Waals surface area contributed by atoms with Crippen LogP contribution >= 0.6 is 11.8 Å². The van der Waals surface area contributed by atoms with E-state index < -0.39 is 0 Å².